The molecule has 1 heterocycles. The van der Waals surface area contributed by atoms with Crippen LogP contribution in [0.3, 0.4) is 0 Å². The zero-order chi connectivity index (χ0) is 11.0. The van der Waals surface area contributed by atoms with Gasteiger partial charge in [0.15, 0.2) is 0 Å². The monoisotopic (exact) mass is 267 g/mol. The maximum Gasteiger partial charge on any atom is 0.341 e. The lowest BCUT2D eigenvalue weighted by molar-refractivity contribution is 0.549. The predicted molar refractivity (Wildman–Crippen MR) is 62.8 cm³/mol. The molecule has 1 aromatic carbocycles. The molecule has 1 aromatic heterocycles. The number of benzene rings is 1. The van der Waals surface area contributed by atoms with Crippen molar-refractivity contribution in [1.82, 2.24) is 0 Å². The number of rotatable bonds is 1. The maximum atomic E-state index is 11.5. The summed E-state index contributed by atoms with van der Waals surface area (Å²) in [6, 6.07) is 5.54. The van der Waals surface area contributed by atoms with Gasteiger partial charge in [-0.3, -0.25) is 0 Å². The topological polar surface area (TPSA) is 56.2 Å². The van der Waals surface area contributed by atoms with E-state index in [-0.39, 0.29) is 12.2 Å². The van der Waals surface area contributed by atoms with E-state index in [0.717, 1.165) is 15.4 Å². The summed E-state index contributed by atoms with van der Waals surface area (Å²) in [5.74, 6) is 0. The predicted octanol–water partition coefficient (Wildman–Crippen LogP) is 2.32. The van der Waals surface area contributed by atoms with Crippen LogP contribution in [0.25, 0.3) is 11.0 Å². The zero-order valence-corrected chi connectivity index (χ0v) is 9.80. The Balaban J connectivity index is 2.92. The maximum absolute atomic E-state index is 11.5. The minimum Gasteiger partial charge on any atom is -0.422 e. The fourth-order valence-electron chi connectivity index (χ4n) is 1.60. The first-order valence-electron chi connectivity index (χ1n) is 4.55. The van der Waals surface area contributed by atoms with Crippen molar-refractivity contribution in [1.29, 1.82) is 0 Å². The van der Waals surface area contributed by atoms with Gasteiger partial charge >= 0.3 is 5.63 Å². The number of nitrogens with two attached hydrogens (primary N) is 1. The van der Waals surface area contributed by atoms with E-state index in [0.29, 0.717) is 11.1 Å². The van der Waals surface area contributed by atoms with Gasteiger partial charge in [0.2, 0.25) is 0 Å². The molecule has 0 radical (unpaired) electrons. The fraction of sp³-hybridized carbons (Fsp3) is 0.182. The highest BCUT2D eigenvalue weighted by molar-refractivity contribution is 9.10. The minimum absolute atomic E-state index is 0.205. The van der Waals surface area contributed by atoms with Crippen molar-refractivity contribution in [3.05, 3.63) is 44.2 Å². The molecule has 0 bridgehead atoms. The molecule has 2 N–H and O–H groups in total. The van der Waals surface area contributed by atoms with Crippen molar-refractivity contribution in [3.8, 4) is 0 Å². The Labute approximate surface area is 95.0 Å². The zero-order valence-electron chi connectivity index (χ0n) is 8.21. The molecule has 0 saturated carbocycles. The molecular weight excluding hydrogens is 258 g/mol. The van der Waals surface area contributed by atoms with Gasteiger partial charge in [-0.1, -0.05) is 15.9 Å². The van der Waals surface area contributed by atoms with Crippen LogP contribution >= 0.6 is 15.9 Å². The van der Waals surface area contributed by atoms with Crippen molar-refractivity contribution in [3.63, 3.8) is 0 Å². The average molecular weight is 268 g/mol. The lowest BCUT2D eigenvalue weighted by Gasteiger charge is -2.05. The lowest BCUT2D eigenvalue weighted by atomic mass is 10.1. The Morgan fingerprint density at radius 3 is 2.87 bits per heavy atom. The van der Waals surface area contributed by atoms with Crippen LogP contribution in [-0.4, -0.2) is 0 Å². The summed E-state index contributed by atoms with van der Waals surface area (Å²) >= 11 is 3.38. The van der Waals surface area contributed by atoms with Gasteiger partial charge in [0.05, 0.1) is 5.56 Å². The Hall–Kier alpha value is -1.13. The largest absolute Gasteiger partial charge is 0.422 e. The molecule has 0 aliphatic carbocycles. The highest BCUT2D eigenvalue weighted by Crippen LogP contribution is 2.23. The summed E-state index contributed by atoms with van der Waals surface area (Å²) < 4.78 is 6.12. The summed E-state index contributed by atoms with van der Waals surface area (Å²) in [6.07, 6.45) is 0. The molecule has 0 aliphatic heterocycles. The van der Waals surface area contributed by atoms with E-state index in [2.05, 4.69) is 15.9 Å². The Morgan fingerprint density at radius 2 is 2.20 bits per heavy atom. The molecule has 2 aromatic rings. The Bertz CT molecular complexity index is 575. The summed E-state index contributed by atoms with van der Waals surface area (Å²) in [6.45, 7) is 2.09. The van der Waals surface area contributed by atoms with E-state index in [1.807, 2.05) is 19.1 Å². The highest BCUT2D eigenvalue weighted by atomic mass is 79.9. The Kier molecular flexibility index (Phi) is 2.63. The van der Waals surface area contributed by atoms with E-state index < -0.39 is 0 Å². The number of aryl methyl sites for hydroxylation is 1. The van der Waals surface area contributed by atoms with Crippen LogP contribution in [0.1, 0.15) is 11.1 Å². The first-order chi connectivity index (χ1) is 7.13. The molecule has 0 amide bonds. The van der Waals surface area contributed by atoms with Crippen molar-refractivity contribution < 1.29 is 4.42 Å². The summed E-state index contributed by atoms with van der Waals surface area (Å²) in [5.41, 5.74) is 7.20. The van der Waals surface area contributed by atoms with Crippen LogP contribution in [-0.2, 0) is 6.54 Å². The second kappa shape index (κ2) is 3.79. The third-order valence-electron chi connectivity index (χ3n) is 2.45. The molecule has 4 heteroatoms. The van der Waals surface area contributed by atoms with Crippen LogP contribution < -0.4 is 11.4 Å². The minimum atomic E-state index is -0.343. The first-order valence-corrected chi connectivity index (χ1v) is 5.34. The van der Waals surface area contributed by atoms with E-state index in [9.17, 15) is 4.79 Å². The Morgan fingerprint density at radius 1 is 1.47 bits per heavy atom. The van der Waals surface area contributed by atoms with Crippen LogP contribution in [0.2, 0.25) is 0 Å². The first kappa shape index (κ1) is 10.4. The molecule has 0 aliphatic rings. The van der Waals surface area contributed by atoms with Crippen molar-refractivity contribution in [2.75, 3.05) is 0 Å². The number of hydrogen-bond donors (Lipinski definition) is 1. The van der Waals surface area contributed by atoms with E-state index in [4.69, 9.17) is 10.2 Å². The average Bonchev–Trinajstić information content (AvgIpc) is 2.20. The summed E-state index contributed by atoms with van der Waals surface area (Å²) in [4.78, 5) is 11.5. The normalized spacial score (nSPS) is 10.9. The standard InChI is InChI=1S/C11H10BrNO2/c1-6-8-4-7(12)2-3-10(8)15-11(14)9(6)5-13/h2-4H,5,13H2,1H3. The van der Waals surface area contributed by atoms with E-state index in [1.165, 1.54) is 0 Å². The van der Waals surface area contributed by atoms with Gasteiger partial charge in [-0.05, 0) is 30.7 Å². The van der Waals surface area contributed by atoms with E-state index in [1.54, 1.807) is 6.07 Å². The highest BCUT2D eigenvalue weighted by Gasteiger charge is 2.09. The number of fused-ring (bicyclic) bond motifs is 1. The number of halogens is 1. The molecule has 0 atom stereocenters. The molecular formula is C11H10BrNO2. The molecule has 0 saturated heterocycles. The van der Waals surface area contributed by atoms with E-state index >= 15 is 0 Å². The second-order valence-electron chi connectivity index (χ2n) is 3.34. The molecule has 3 nitrogen and oxygen atoms in total. The van der Waals surface area contributed by atoms with Gasteiger partial charge in [0, 0.05) is 16.4 Å². The molecule has 15 heavy (non-hydrogen) atoms. The summed E-state index contributed by atoms with van der Waals surface area (Å²) in [7, 11) is 0. The van der Waals surface area contributed by atoms with Crippen molar-refractivity contribution in [2.45, 2.75) is 13.5 Å². The number of hydrogen-bond acceptors (Lipinski definition) is 3. The van der Waals surface area contributed by atoms with Gasteiger partial charge in [0.1, 0.15) is 5.58 Å². The van der Waals surface area contributed by atoms with Gasteiger partial charge in [0.25, 0.3) is 0 Å². The third kappa shape index (κ3) is 1.70. The quantitative estimate of drug-likeness (QED) is 0.807. The molecule has 0 spiro atoms. The molecule has 0 unspecified atom stereocenters. The van der Waals surface area contributed by atoms with Gasteiger partial charge in [-0.25, -0.2) is 4.79 Å². The molecule has 78 valence electrons. The fourth-order valence-corrected chi connectivity index (χ4v) is 1.96. The smallest absolute Gasteiger partial charge is 0.341 e. The van der Waals surface area contributed by atoms with Gasteiger partial charge < -0.3 is 10.2 Å². The lowest BCUT2D eigenvalue weighted by Crippen LogP contribution is -2.14. The van der Waals surface area contributed by atoms with Crippen molar-refractivity contribution in [2.24, 2.45) is 5.73 Å². The molecule has 2 rings (SSSR count). The second-order valence-corrected chi connectivity index (χ2v) is 4.25. The van der Waals surface area contributed by atoms with Crippen molar-refractivity contribution >= 4 is 26.9 Å². The summed E-state index contributed by atoms with van der Waals surface area (Å²) in [5, 5.41) is 0.921. The van der Waals surface area contributed by atoms with Gasteiger partial charge in [-0.2, -0.15) is 0 Å². The van der Waals surface area contributed by atoms with Crippen LogP contribution in [0, 0.1) is 6.92 Å². The van der Waals surface area contributed by atoms with Crippen LogP contribution in [0.4, 0.5) is 0 Å². The van der Waals surface area contributed by atoms with Gasteiger partial charge in [-0.15, -0.1) is 0 Å². The molecule has 0 fully saturated rings. The SMILES string of the molecule is Cc1c(CN)c(=O)oc2ccc(Br)cc12. The van der Waals surface area contributed by atoms with Crippen LogP contribution in [0.5, 0.6) is 0 Å². The third-order valence-corrected chi connectivity index (χ3v) is 2.94. The van der Waals surface area contributed by atoms with Crippen LogP contribution in [0.15, 0.2) is 31.9 Å².